The van der Waals surface area contributed by atoms with Crippen molar-refractivity contribution in [1.82, 2.24) is 0 Å². The van der Waals surface area contributed by atoms with Crippen LogP contribution in [0.5, 0.6) is 0 Å². The van der Waals surface area contributed by atoms with E-state index in [0.29, 0.717) is 0 Å². The summed E-state index contributed by atoms with van der Waals surface area (Å²) in [7, 11) is -9.60. The monoisotopic (exact) mass is 408 g/mol. The maximum Gasteiger partial charge on any atom is 1.00 e. The van der Waals surface area contributed by atoms with Crippen molar-refractivity contribution in [3.63, 3.8) is 0 Å². The predicted molar refractivity (Wildman–Crippen MR) is 60.5 cm³/mol. The first-order valence-electron chi connectivity index (χ1n) is 3.52. The fraction of sp³-hybridized carbons (Fsp3) is 1.00. The maximum atomic E-state index is 9.47. The molecule has 12 nitrogen and oxygen atoms in total. The van der Waals surface area contributed by atoms with Crippen LogP contribution in [0.1, 0.15) is 4.28 Å². The molecule has 0 saturated heterocycles. The SMILES string of the molecule is COP(=O)(O)O.COP(=O)(O)O.COP(=O)(O)O.[H-].[H-].[H-].[Na+].[Na+].[Na+]. The summed E-state index contributed by atoms with van der Waals surface area (Å²) in [6, 6.07) is 0. The Morgan fingerprint density at radius 2 is 0.619 bits per heavy atom. The minimum Gasteiger partial charge on any atom is -1.00 e. The van der Waals surface area contributed by atoms with Crippen molar-refractivity contribution in [2.45, 2.75) is 0 Å². The van der Waals surface area contributed by atoms with Crippen LogP contribution in [0.15, 0.2) is 0 Å². The van der Waals surface area contributed by atoms with E-state index in [-0.39, 0.29) is 93.0 Å². The Hall–Kier alpha value is 3.33. The van der Waals surface area contributed by atoms with E-state index in [2.05, 4.69) is 13.6 Å². The minimum absolute atomic E-state index is 0. The van der Waals surface area contributed by atoms with Gasteiger partial charge in [0.25, 0.3) is 0 Å². The summed E-state index contributed by atoms with van der Waals surface area (Å²) in [5.74, 6) is 0. The van der Waals surface area contributed by atoms with Crippen LogP contribution in [0.25, 0.3) is 0 Å². The van der Waals surface area contributed by atoms with Gasteiger partial charge in [-0.3, -0.25) is 13.6 Å². The van der Waals surface area contributed by atoms with E-state index in [4.69, 9.17) is 29.4 Å². The van der Waals surface area contributed by atoms with Crippen LogP contribution in [-0.4, -0.2) is 50.7 Å². The molecule has 0 aliphatic carbocycles. The summed E-state index contributed by atoms with van der Waals surface area (Å²) in [5.41, 5.74) is 0. The molecule has 0 aromatic rings. The minimum atomic E-state index is -4.15. The van der Waals surface area contributed by atoms with Gasteiger partial charge in [-0.2, -0.15) is 0 Å². The van der Waals surface area contributed by atoms with Crippen LogP contribution in [0.3, 0.4) is 0 Å². The van der Waals surface area contributed by atoms with Gasteiger partial charge in [-0.15, -0.1) is 0 Å². The van der Waals surface area contributed by atoms with Gasteiger partial charge in [-0.05, 0) is 0 Å². The van der Waals surface area contributed by atoms with Crippen LogP contribution < -0.4 is 88.7 Å². The fourth-order valence-electron chi connectivity index (χ4n) is 0. The van der Waals surface area contributed by atoms with Crippen molar-refractivity contribution in [3.05, 3.63) is 0 Å². The van der Waals surface area contributed by atoms with Gasteiger partial charge in [0.1, 0.15) is 0 Å². The Labute approximate surface area is 192 Å². The van der Waals surface area contributed by atoms with Gasteiger partial charge in [0, 0.05) is 21.3 Å². The molecule has 0 rings (SSSR count). The first-order chi connectivity index (χ1) is 7.68. The van der Waals surface area contributed by atoms with Crippen molar-refractivity contribution in [1.29, 1.82) is 0 Å². The largest absolute Gasteiger partial charge is 1.00 e. The number of rotatable bonds is 3. The third-order valence-corrected chi connectivity index (χ3v) is 2.14. The molecule has 0 atom stereocenters. The summed E-state index contributed by atoms with van der Waals surface area (Å²) in [6.45, 7) is 0. The molecule has 0 bridgehead atoms. The normalized spacial score (nSPS) is 10.1. The summed E-state index contributed by atoms with van der Waals surface area (Å²) < 4.78 is 39.2. The average Bonchev–Trinajstić information content (AvgIpc) is 2.16. The van der Waals surface area contributed by atoms with Gasteiger partial charge in [0.2, 0.25) is 0 Å². The molecule has 6 N–H and O–H groups in total. The Kier molecular flexibility index (Phi) is 36.9. The van der Waals surface area contributed by atoms with Gasteiger partial charge in [-0.1, -0.05) is 0 Å². The molecule has 0 heterocycles. The molecule has 0 unspecified atom stereocenters. The zero-order valence-electron chi connectivity index (χ0n) is 15.5. The first kappa shape index (κ1) is 39.4. The van der Waals surface area contributed by atoms with Crippen LogP contribution >= 0.6 is 23.5 Å². The summed E-state index contributed by atoms with van der Waals surface area (Å²) in [4.78, 5) is 46.3. The number of hydrogen-bond acceptors (Lipinski definition) is 6. The quantitative estimate of drug-likeness (QED) is 0.191. The van der Waals surface area contributed by atoms with Crippen molar-refractivity contribution in [2.75, 3.05) is 21.3 Å². The zero-order valence-corrected chi connectivity index (χ0v) is 21.2. The Bertz CT molecular complexity index is 293. The molecule has 0 aliphatic heterocycles. The molecule has 120 valence electrons. The standard InChI is InChI=1S/3CH5O4P.3Na.3H/c3*1-5-6(2,3)4;;;;;;/h3*1H3,(H2,2,3,4);;;;;;/q;;;3*+1;3*-1. The van der Waals surface area contributed by atoms with E-state index in [1.165, 1.54) is 0 Å². The predicted octanol–water partition coefficient (Wildman–Crippen LogP) is -9.47. The van der Waals surface area contributed by atoms with Crippen molar-refractivity contribution in [3.8, 4) is 0 Å². The summed E-state index contributed by atoms with van der Waals surface area (Å²) >= 11 is 0. The van der Waals surface area contributed by atoms with Gasteiger partial charge in [0.15, 0.2) is 0 Å². The fourth-order valence-corrected chi connectivity index (χ4v) is 0. The number of phosphoric ester groups is 3. The zero-order chi connectivity index (χ0) is 15.6. The van der Waals surface area contributed by atoms with Gasteiger partial charge >= 0.3 is 112 Å². The second kappa shape index (κ2) is 19.7. The van der Waals surface area contributed by atoms with E-state index in [1.54, 1.807) is 0 Å². The second-order valence-corrected chi connectivity index (χ2v) is 6.06. The molecule has 0 aliphatic rings. The Morgan fingerprint density at radius 1 is 0.571 bits per heavy atom. The molecule has 0 fully saturated rings. The number of hydrogen-bond donors (Lipinski definition) is 6. The van der Waals surface area contributed by atoms with E-state index in [9.17, 15) is 13.7 Å². The molecule has 0 amide bonds. The second-order valence-electron chi connectivity index (χ2n) is 2.02. The first-order valence-corrected chi connectivity index (χ1v) is 8.11. The maximum absolute atomic E-state index is 9.47. The summed E-state index contributed by atoms with van der Waals surface area (Å²) in [5, 5.41) is 0. The van der Waals surface area contributed by atoms with E-state index < -0.39 is 23.5 Å². The molecule has 0 saturated carbocycles. The van der Waals surface area contributed by atoms with E-state index >= 15 is 0 Å². The Balaban J connectivity index is -0.0000000179. The Morgan fingerprint density at radius 3 is 0.619 bits per heavy atom. The van der Waals surface area contributed by atoms with Gasteiger partial charge in [-0.25, -0.2) is 13.7 Å². The van der Waals surface area contributed by atoms with Crippen molar-refractivity contribution < 1.29 is 150 Å². The smallest absolute Gasteiger partial charge is 1.00 e. The number of phosphoric acid groups is 3. The van der Waals surface area contributed by atoms with Crippen LogP contribution in [0.2, 0.25) is 0 Å². The average molecular weight is 408 g/mol. The molecule has 0 aromatic heterocycles. The van der Waals surface area contributed by atoms with Crippen LogP contribution in [-0.2, 0) is 27.3 Å². The van der Waals surface area contributed by atoms with Crippen molar-refractivity contribution in [2.24, 2.45) is 0 Å². The topological polar surface area (TPSA) is 200 Å². The summed E-state index contributed by atoms with van der Waals surface area (Å²) in [6.07, 6.45) is 0. The van der Waals surface area contributed by atoms with Crippen molar-refractivity contribution >= 4 is 23.5 Å². The molecular weight excluding hydrogens is 390 g/mol. The van der Waals surface area contributed by atoms with Gasteiger partial charge < -0.3 is 33.6 Å². The van der Waals surface area contributed by atoms with Crippen LogP contribution in [0, 0.1) is 0 Å². The van der Waals surface area contributed by atoms with Crippen LogP contribution in [0.4, 0.5) is 0 Å². The molecule has 0 spiro atoms. The van der Waals surface area contributed by atoms with Gasteiger partial charge in [0.05, 0.1) is 0 Å². The third kappa shape index (κ3) is 69.8. The molecule has 0 aromatic carbocycles. The van der Waals surface area contributed by atoms with E-state index in [1.807, 2.05) is 0 Å². The molecular formula is C3H18Na3O12P3. The molecule has 18 heteroatoms. The van der Waals surface area contributed by atoms with E-state index in [0.717, 1.165) is 21.3 Å². The third-order valence-electron chi connectivity index (χ3n) is 0.714. The molecule has 0 radical (unpaired) electrons. The molecule has 21 heavy (non-hydrogen) atoms.